The van der Waals surface area contributed by atoms with Crippen LogP contribution in [0.1, 0.15) is 37.7 Å². The highest BCUT2D eigenvalue weighted by molar-refractivity contribution is 6.30. The summed E-state index contributed by atoms with van der Waals surface area (Å²) in [7, 11) is 1.62. The first-order valence-electron chi connectivity index (χ1n) is 8.03. The number of carbonyl (C=O) groups is 1. The lowest BCUT2D eigenvalue weighted by atomic mass is 9.85. The molecule has 1 amide bonds. The van der Waals surface area contributed by atoms with Crippen LogP contribution >= 0.6 is 24.0 Å². The topological polar surface area (TPSA) is 50.4 Å². The Hall–Kier alpha value is -0.970. The van der Waals surface area contributed by atoms with Crippen LogP contribution < -0.4 is 15.4 Å². The van der Waals surface area contributed by atoms with Crippen LogP contribution in [0.15, 0.2) is 18.2 Å². The van der Waals surface area contributed by atoms with Gasteiger partial charge in [-0.2, -0.15) is 0 Å². The summed E-state index contributed by atoms with van der Waals surface area (Å²) < 4.78 is 5.31. The predicted octanol–water partition coefficient (Wildman–Crippen LogP) is 3.31. The van der Waals surface area contributed by atoms with E-state index < -0.39 is 0 Å². The van der Waals surface area contributed by atoms with Gasteiger partial charge in [-0.3, -0.25) is 4.79 Å². The zero-order valence-corrected chi connectivity index (χ0v) is 14.9. The van der Waals surface area contributed by atoms with Crippen LogP contribution in [-0.4, -0.2) is 25.1 Å². The zero-order chi connectivity index (χ0) is 15.5. The molecule has 3 atom stereocenters. The molecular weight excluding hydrogens is 335 g/mol. The van der Waals surface area contributed by atoms with E-state index in [2.05, 4.69) is 10.6 Å². The largest absolute Gasteiger partial charge is 0.496 e. The fraction of sp³-hybridized carbons (Fsp3) is 0.588. The molecule has 0 bridgehead atoms. The maximum atomic E-state index is 12.4. The van der Waals surface area contributed by atoms with Gasteiger partial charge in [0.05, 0.1) is 13.2 Å². The average molecular weight is 359 g/mol. The average Bonchev–Trinajstić information content (AvgIpc) is 2.97. The summed E-state index contributed by atoms with van der Waals surface area (Å²) in [4.78, 5) is 12.4. The molecule has 128 valence electrons. The van der Waals surface area contributed by atoms with Crippen molar-refractivity contribution < 1.29 is 9.53 Å². The SMILES string of the molecule is COc1ccc(Cl)cc1CNC(=O)C1CC2CCCCC2N1.Cl. The van der Waals surface area contributed by atoms with Gasteiger partial charge in [-0.15, -0.1) is 12.4 Å². The Balaban J connectivity index is 0.00000192. The fourth-order valence-corrected chi connectivity index (χ4v) is 3.91. The number of methoxy groups -OCH3 is 1. The van der Waals surface area contributed by atoms with Crippen molar-refractivity contribution in [2.45, 2.75) is 50.7 Å². The number of benzene rings is 1. The van der Waals surface area contributed by atoms with Crippen LogP contribution in [0.25, 0.3) is 0 Å². The third kappa shape index (κ3) is 4.31. The summed E-state index contributed by atoms with van der Waals surface area (Å²) in [5.41, 5.74) is 0.902. The highest BCUT2D eigenvalue weighted by Gasteiger charge is 2.38. The second-order valence-corrected chi connectivity index (χ2v) is 6.72. The molecule has 0 spiro atoms. The molecule has 2 fully saturated rings. The number of halogens is 2. The molecule has 3 unspecified atom stereocenters. The third-order valence-corrected chi connectivity index (χ3v) is 5.11. The van der Waals surface area contributed by atoms with Gasteiger partial charge in [0.25, 0.3) is 0 Å². The molecule has 0 aromatic heterocycles. The van der Waals surface area contributed by atoms with Crippen LogP contribution in [0.2, 0.25) is 5.02 Å². The number of rotatable bonds is 4. The van der Waals surface area contributed by atoms with Crippen molar-refractivity contribution >= 4 is 29.9 Å². The summed E-state index contributed by atoms with van der Waals surface area (Å²) in [5, 5.41) is 7.16. The summed E-state index contributed by atoms with van der Waals surface area (Å²) in [6.07, 6.45) is 6.00. The van der Waals surface area contributed by atoms with E-state index in [-0.39, 0.29) is 24.4 Å². The molecule has 1 saturated carbocycles. The summed E-state index contributed by atoms with van der Waals surface area (Å²) in [6, 6.07) is 5.92. The molecule has 2 aliphatic rings. The molecule has 2 N–H and O–H groups in total. The van der Waals surface area contributed by atoms with E-state index in [1.54, 1.807) is 13.2 Å². The van der Waals surface area contributed by atoms with E-state index in [1.165, 1.54) is 25.7 Å². The molecule has 3 rings (SSSR count). The van der Waals surface area contributed by atoms with Gasteiger partial charge in [0, 0.05) is 23.2 Å². The molecule has 1 heterocycles. The van der Waals surface area contributed by atoms with Crippen LogP contribution in [0.3, 0.4) is 0 Å². The smallest absolute Gasteiger partial charge is 0.237 e. The van der Waals surface area contributed by atoms with E-state index in [4.69, 9.17) is 16.3 Å². The van der Waals surface area contributed by atoms with E-state index in [0.29, 0.717) is 23.5 Å². The van der Waals surface area contributed by atoms with Gasteiger partial charge in [-0.25, -0.2) is 0 Å². The third-order valence-electron chi connectivity index (χ3n) is 4.87. The lowest BCUT2D eigenvalue weighted by Crippen LogP contribution is -2.42. The normalized spacial score (nSPS) is 26.1. The molecule has 4 nitrogen and oxygen atoms in total. The number of hydrogen-bond donors (Lipinski definition) is 2. The summed E-state index contributed by atoms with van der Waals surface area (Å²) in [5.74, 6) is 1.50. The Bertz CT molecular complexity index is 539. The van der Waals surface area contributed by atoms with Gasteiger partial charge < -0.3 is 15.4 Å². The van der Waals surface area contributed by atoms with Gasteiger partial charge in [0.1, 0.15) is 5.75 Å². The number of carbonyl (C=O) groups excluding carboxylic acids is 1. The number of amides is 1. The van der Waals surface area contributed by atoms with Crippen molar-refractivity contribution in [2.24, 2.45) is 5.92 Å². The van der Waals surface area contributed by atoms with E-state index in [9.17, 15) is 4.79 Å². The van der Waals surface area contributed by atoms with E-state index in [0.717, 1.165) is 17.7 Å². The van der Waals surface area contributed by atoms with Crippen LogP contribution in [0.4, 0.5) is 0 Å². The standard InChI is InChI=1S/C17H23ClN2O2.ClH/c1-22-16-7-6-13(18)8-12(16)10-19-17(21)15-9-11-4-2-3-5-14(11)20-15;/h6-8,11,14-15,20H,2-5,9-10H2,1H3,(H,19,21);1H. The van der Waals surface area contributed by atoms with Crippen molar-refractivity contribution in [3.63, 3.8) is 0 Å². The minimum absolute atomic E-state index is 0. The van der Waals surface area contributed by atoms with Crippen molar-refractivity contribution in [2.75, 3.05) is 7.11 Å². The van der Waals surface area contributed by atoms with Crippen LogP contribution in [-0.2, 0) is 11.3 Å². The van der Waals surface area contributed by atoms with Crippen molar-refractivity contribution in [1.82, 2.24) is 10.6 Å². The van der Waals surface area contributed by atoms with Gasteiger partial charge in [0.15, 0.2) is 0 Å². The molecule has 23 heavy (non-hydrogen) atoms. The molecule has 1 aliphatic carbocycles. The lowest BCUT2D eigenvalue weighted by Gasteiger charge is -2.24. The first kappa shape index (κ1) is 18.4. The Labute approximate surface area is 148 Å². The molecule has 1 aromatic rings. The first-order chi connectivity index (χ1) is 10.7. The van der Waals surface area contributed by atoms with Crippen LogP contribution in [0, 0.1) is 5.92 Å². The maximum Gasteiger partial charge on any atom is 0.237 e. The Morgan fingerprint density at radius 3 is 2.91 bits per heavy atom. The Kier molecular flexibility index (Phi) is 6.57. The van der Waals surface area contributed by atoms with E-state index >= 15 is 0 Å². The van der Waals surface area contributed by atoms with Crippen molar-refractivity contribution in [3.05, 3.63) is 28.8 Å². The molecule has 0 radical (unpaired) electrons. The van der Waals surface area contributed by atoms with Gasteiger partial charge in [-0.1, -0.05) is 24.4 Å². The lowest BCUT2D eigenvalue weighted by molar-refractivity contribution is -0.123. The van der Waals surface area contributed by atoms with Gasteiger partial charge in [0.2, 0.25) is 5.91 Å². The number of fused-ring (bicyclic) bond motifs is 1. The highest BCUT2D eigenvalue weighted by atomic mass is 35.5. The van der Waals surface area contributed by atoms with Gasteiger partial charge >= 0.3 is 0 Å². The van der Waals surface area contributed by atoms with Crippen molar-refractivity contribution in [1.29, 1.82) is 0 Å². The monoisotopic (exact) mass is 358 g/mol. The molecular formula is C17H24Cl2N2O2. The first-order valence-corrected chi connectivity index (χ1v) is 8.41. The van der Waals surface area contributed by atoms with Crippen molar-refractivity contribution in [3.8, 4) is 5.75 Å². The second-order valence-electron chi connectivity index (χ2n) is 6.28. The molecule has 1 aromatic carbocycles. The van der Waals surface area contributed by atoms with Gasteiger partial charge in [-0.05, 0) is 43.4 Å². The minimum Gasteiger partial charge on any atom is -0.496 e. The Morgan fingerprint density at radius 1 is 1.39 bits per heavy atom. The minimum atomic E-state index is -0.0571. The number of nitrogens with one attached hydrogen (secondary N) is 2. The Morgan fingerprint density at radius 2 is 2.17 bits per heavy atom. The fourth-order valence-electron chi connectivity index (χ4n) is 3.71. The highest BCUT2D eigenvalue weighted by Crippen LogP contribution is 2.33. The second kappa shape index (κ2) is 8.22. The van der Waals surface area contributed by atoms with E-state index in [1.807, 2.05) is 12.1 Å². The zero-order valence-electron chi connectivity index (χ0n) is 13.3. The summed E-state index contributed by atoms with van der Waals surface area (Å²) in [6.45, 7) is 0.441. The molecule has 1 aliphatic heterocycles. The summed E-state index contributed by atoms with van der Waals surface area (Å²) >= 11 is 6.02. The quantitative estimate of drug-likeness (QED) is 0.867. The maximum absolute atomic E-state index is 12.4. The van der Waals surface area contributed by atoms with Crippen LogP contribution in [0.5, 0.6) is 5.75 Å². The molecule has 1 saturated heterocycles. The number of hydrogen-bond acceptors (Lipinski definition) is 3. The predicted molar refractivity (Wildman–Crippen MR) is 94.4 cm³/mol. The number of ether oxygens (including phenoxy) is 1. The molecule has 6 heteroatoms.